The fraction of sp³-hybridized carbons (Fsp3) is 0.286. The largest absolute Gasteiger partial charge is 0.502 e. The number of benzene rings is 2. The van der Waals surface area contributed by atoms with E-state index in [9.17, 15) is 23.5 Å². The molecule has 0 saturated carbocycles. The summed E-state index contributed by atoms with van der Waals surface area (Å²) in [5.41, 5.74) is 2.80. The lowest BCUT2D eigenvalue weighted by Crippen LogP contribution is -2.36. The van der Waals surface area contributed by atoms with Crippen molar-refractivity contribution in [3.63, 3.8) is 0 Å². The van der Waals surface area contributed by atoms with E-state index >= 15 is 0 Å². The molecule has 2 aromatic carbocycles. The van der Waals surface area contributed by atoms with Crippen LogP contribution in [0.3, 0.4) is 0 Å². The minimum absolute atomic E-state index is 0.0347. The summed E-state index contributed by atoms with van der Waals surface area (Å²) in [6.07, 6.45) is 0.484. The van der Waals surface area contributed by atoms with Crippen LogP contribution in [0.4, 0.5) is 8.78 Å². The predicted molar refractivity (Wildman–Crippen MR) is 134 cm³/mol. The van der Waals surface area contributed by atoms with Crippen molar-refractivity contribution in [2.45, 2.75) is 38.5 Å². The first-order valence-corrected chi connectivity index (χ1v) is 12.1. The third-order valence-electron chi connectivity index (χ3n) is 6.70. The molecule has 8 nitrogen and oxygen atoms in total. The molecule has 5 rings (SSSR count). The number of amides is 1. The second kappa shape index (κ2) is 10.7. The smallest absolute Gasteiger partial charge is 0.387 e. The number of nitrogens with zero attached hydrogens (tertiary/aromatic N) is 1. The number of carbonyl (C=O) groups excluding carboxylic acids is 1. The van der Waals surface area contributed by atoms with Crippen LogP contribution in [-0.2, 0) is 29.1 Å². The number of rotatable bonds is 8. The molecule has 2 aromatic heterocycles. The number of halogens is 2. The van der Waals surface area contributed by atoms with E-state index in [1.807, 2.05) is 24.3 Å². The highest BCUT2D eigenvalue weighted by Crippen LogP contribution is 2.36. The van der Waals surface area contributed by atoms with E-state index in [0.29, 0.717) is 25.1 Å². The van der Waals surface area contributed by atoms with E-state index < -0.39 is 23.7 Å². The van der Waals surface area contributed by atoms with Crippen molar-refractivity contribution in [2.24, 2.45) is 0 Å². The van der Waals surface area contributed by atoms with E-state index in [4.69, 9.17) is 9.15 Å². The van der Waals surface area contributed by atoms with Crippen molar-refractivity contribution in [3.05, 3.63) is 93.2 Å². The van der Waals surface area contributed by atoms with Crippen molar-refractivity contribution in [1.82, 2.24) is 9.88 Å². The molecule has 4 aromatic rings. The van der Waals surface area contributed by atoms with Gasteiger partial charge in [-0.25, -0.2) is 0 Å². The van der Waals surface area contributed by atoms with Gasteiger partial charge in [0.05, 0.1) is 12.5 Å². The van der Waals surface area contributed by atoms with Gasteiger partial charge in [0.2, 0.25) is 17.1 Å². The Labute approximate surface area is 216 Å². The Morgan fingerprint density at radius 2 is 2.00 bits per heavy atom. The van der Waals surface area contributed by atoms with Gasteiger partial charge in [0.1, 0.15) is 18.1 Å². The Hall–Kier alpha value is -4.18. The number of hydrogen-bond donors (Lipinski definition) is 2. The molecule has 38 heavy (non-hydrogen) atoms. The summed E-state index contributed by atoms with van der Waals surface area (Å²) in [6.45, 7) is -2.23. The maximum absolute atomic E-state index is 13.6. The molecule has 1 aliphatic rings. The van der Waals surface area contributed by atoms with E-state index in [0.717, 1.165) is 22.7 Å². The number of ether oxygens (including phenoxy) is 2. The van der Waals surface area contributed by atoms with E-state index in [1.54, 1.807) is 11.0 Å². The number of aromatic hydroxyl groups is 1. The van der Waals surface area contributed by atoms with Crippen LogP contribution in [0.15, 0.2) is 63.8 Å². The molecule has 3 heterocycles. The first-order chi connectivity index (χ1) is 18.3. The summed E-state index contributed by atoms with van der Waals surface area (Å²) in [5, 5.41) is 11.8. The van der Waals surface area contributed by atoms with Gasteiger partial charge in [-0.2, -0.15) is 8.78 Å². The van der Waals surface area contributed by atoms with Gasteiger partial charge in [0.25, 0.3) is 0 Å². The number of alkyl halides is 2. The number of aromatic nitrogens is 1. The summed E-state index contributed by atoms with van der Waals surface area (Å²) in [4.78, 5) is 31.2. The molecule has 1 amide bonds. The fourth-order valence-corrected chi connectivity index (χ4v) is 4.98. The molecule has 0 spiro atoms. The SMILES string of the molecule is COCc1cc(=O)c(O)c([C@@H](CC(=O)N2CCc3c([nH]c4ccccc34)C2)c2cccc(OC(F)F)c2)o1. The van der Waals surface area contributed by atoms with E-state index in [1.165, 1.54) is 30.9 Å². The lowest BCUT2D eigenvalue weighted by Gasteiger charge is -2.29. The highest BCUT2D eigenvalue weighted by Gasteiger charge is 2.31. The average molecular weight is 525 g/mol. The van der Waals surface area contributed by atoms with Crippen LogP contribution < -0.4 is 10.2 Å². The summed E-state index contributed by atoms with van der Waals surface area (Å²) < 4.78 is 41.2. The number of carbonyl (C=O) groups is 1. The van der Waals surface area contributed by atoms with Gasteiger partial charge in [-0.3, -0.25) is 9.59 Å². The van der Waals surface area contributed by atoms with Gasteiger partial charge in [-0.05, 0) is 35.7 Å². The first-order valence-electron chi connectivity index (χ1n) is 12.1. The first kappa shape index (κ1) is 25.5. The van der Waals surface area contributed by atoms with Crippen LogP contribution >= 0.6 is 0 Å². The zero-order chi connectivity index (χ0) is 26.8. The number of fused-ring (bicyclic) bond motifs is 3. The second-order valence-electron chi connectivity index (χ2n) is 9.12. The molecule has 1 atom stereocenters. The lowest BCUT2D eigenvalue weighted by atomic mass is 9.91. The van der Waals surface area contributed by atoms with Gasteiger partial charge >= 0.3 is 6.61 Å². The van der Waals surface area contributed by atoms with Crippen LogP contribution in [0.1, 0.15) is 40.7 Å². The van der Waals surface area contributed by atoms with Crippen LogP contribution in [0, 0.1) is 0 Å². The van der Waals surface area contributed by atoms with E-state index in [-0.39, 0.29) is 36.2 Å². The van der Waals surface area contributed by atoms with Gasteiger partial charge in [-0.1, -0.05) is 30.3 Å². The molecule has 1 aliphatic heterocycles. The van der Waals surface area contributed by atoms with Crippen molar-refractivity contribution >= 4 is 16.8 Å². The summed E-state index contributed by atoms with van der Waals surface area (Å²) in [6, 6.07) is 14.9. The molecule has 0 aliphatic carbocycles. The Morgan fingerprint density at radius 1 is 1.18 bits per heavy atom. The Bertz CT molecular complexity index is 1530. The highest BCUT2D eigenvalue weighted by atomic mass is 19.3. The van der Waals surface area contributed by atoms with Gasteiger partial charge < -0.3 is 28.9 Å². The Kier molecular flexibility index (Phi) is 7.15. The standard InChI is InChI=1S/C28H26F2N2O6/c1-36-15-18-12-24(33)26(35)27(37-18)21(16-5-4-6-17(11-16)38-28(29)30)13-25(34)32-10-9-20-19-7-2-3-8-22(19)31-23(20)14-32/h2-8,11-12,21,28,31,35H,9-10,13-15H2,1H3/t21-/m0/s1. The zero-order valence-corrected chi connectivity index (χ0v) is 20.6. The third-order valence-corrected chi connectivity index (χ3v) is 6.70. The minimum atomic E-state index is -3.04. The molecular weight excluding hydrogens is 498 g/mol. The molecule has 2 N–H and O–H groups in total. The minimum Gasteiger partial charge on any atom is -0.502 e. The maximum atomic E-state index is 13.6. The fourth-order valence-electron chi connectivity index (χ4n) is 4.98. The van der Waals surface area contributed by atoms with Crippen LogP contribution in [-0.4, -0.2) is 41.2 Å². The normalized spacial score (nSPS) is 14.1. The molecule has 0 fully saturated rings. The number of aromatic amines is 1. The van der Waals surface area contributed by atoms with Crippen LogP contribution in [0.5, 0.6) is 11.5 Å². The third kappa shape index (κ3) is 5.12. The van der Waals surface area contributed by atoms with Crippen molar-refractivity contribution in [1.29, 1.82) is 0 Å². The molecule has 0 bridgehead atoms. The zero-order valence-electron chi connectivity index (χ0n) is 20.6. The molecule has 10 heteroatoms. The number of nitrogens with one attached hydrogen (secondary N) is 1. The summed E-state index contributed by atoms with van der Waals surface area (Å²) >= 11 is 0. The highest BCUT2D eigenvalue weighted by molar-refractivity contribution is 5.86. The van der Waals surface area contributed by atoms with Crippen LogP contribution in [0.2, 0.25) is 0 Å². The topological polar surface area (TPSA) is 105 Å². The molecular formula is C28H26F2N2O6. The van der Waals surface area contributed by atoms with E-state index in [2.05, 4.69) is 9.72 Å². The summed E-state index contributed by atoms with van der Waals surface area (Å²) in [7, 11) is 1.42. The second-order valence-corrected chi connectivity index (χ2v) is 9.12. The Morgan fingerprint density at radius 3 is 2.79 bits per heavy atom. The van der Waals surface area contributed by atoms with Gasteiger partial charge in [0, 0.05) is 42.7 Å². The lowest BCUT2D eigenvalue weighted by molar-refractivity contribution is -0.132. The van der Waals surface area contributed by atoms with Gasteiger partial charge in [-0.15, -0.1) is 0 Å². The maximum Gasteiger partial charge on any atom is 0.387 e. The summed E-state index contributed by atoms with van der Waals surface area (Å²) in [5.74, 6) is -1.96. The molecule has 0 unspecified atom stereocenters. The predicted octanol–water partition coefficient (Wildman–Crippen LogP) is 4.68. The number of H-pyrrole nitrogens is 1. The molecule has 0 radical (unpaired) electrons. The van der Waals surface area contributed by atoms with Crippen LogP contribution in [0.25, 0.3) is 10.9 Å². The van der Waals surface area contributed by atoms with Crippen molar-refractivity contribution in [3.8, 4) is 11.5 Å². The van der Waals surface area contributed by atoms with Crippen molar-refractivity contribution < 1.29 is 32.6 Å². The number of methoxy groups -OCH3 is 1. The van der Waals surface area contributed by atoms with Gasteiger partial charge in [0.15, 0.2) is 5.76 Å². The number of hydrogen-bond acceptors (Lipinski definition) is 6. The van der Waals surface area contributed by atoms with Crippen molar-refractivity contribution in [2.75, 3.05) is 13.7 Å². The molecule has 198 valence electrons. The molecule has 0 saturated heterocycles. The number of para-hydroxylation sites is 1. The Balaban J connectivity index is 1.49. The average Bonchev–Trinajstić information content (AvgIpc) is 3.27. The monoisotopic (exact) mass is 524 g/mol. The quantitative estimate of drug-likeness (QED) is 0.347.